The number of phenols is 1. The zero-order valence-electron chi connectivity index (χ0n) is 12.0. The molecule has 108 valence electrons. The number of aromatic hydroxyl groups is 1. The molecule has 21 heavy (non-hydrogen) atoms. The van der Waals surface area contributed by atoms with Crippen molar-refractivity contribution in [1.82, 2.24) is 0 Å². The van der Waals surface area contributed by atoms with Crippen LogP contribution in [0, 0.1) is 5.41 Å². The average Bonchev–Trinajstić information content (AvgIpc) is 2.70. The van der Waals surface area contributed by atoms with Crippen LogP contribution in [0.2, 0.25) is 0 Å². The number of fused-ring (bicyclic) bond motifs is 5. The Morgan fingerprint density at radius 2 is 2.05 bits per heavy atom. The lowest BCUT2D eigenvalue weighted by Gasteiger charge is -2.39. The van der Waals surface area contributed by atoms with E-state index in [2.05, 4.69) is 6.07 Å². The smallest absolute Gasteiger partial charge is 0.162 e. The van der Waals surface area contributed by atoms with E-state index in [0.717, 1.165) is 23.6 Å². The summed E-state index contributed by atoms with van der Waals surface area (Å²) in [6.07, 6.45) is 1.31. The number of rotatable bonds is 0. The Balaban J connectivity index is 1.93. The molecule has 0 aromatic heterocycles. The Morgan fingerprint density at radius 3 is 2.86 bits per heavy atom. The van der Waals surface area contributed by atoms with Crippen molar-refractivity contribution >= 4 is 16.6 Å². The molecule has 0 radical (unpaired) electrons. The Morgan fingerprint density at radius 1 is 1.24 bits per heavy atom. The van der Waals surface area contributed by atoms with Gasteiger partial charge in [0.2, 0.25) is 0 Å². The standard InChI is InChI=1S/C18H18O3/c1-18-7-6-13-12-5-3-11(19)8-10(12)2-4-14(13)15(18)9-16(20)17(18)21/h2-5,8,15,17,19,21H,6-7,9H2,1H3/t15-,17?,18-/m0/s1. The molecule has 3 atom stereocenters. The van der Waals surface area contributed by atoms with Gasteiger partial charge in [0, 0.05) is 11.8 Å². The third-order valence-corrected chi connectivity index (χ3v) is 5.57. The molecule has 4 rings (SSSR count). The van der Waals surface area contributed by atoms with Gasteiger partial charge in [0.15, 0.2) is 5.78 Å². The number of hydrogen-bond donors (Lipinski definition) is 2. The molecule has 0 aliphatic heterocycles. The number of carbonyl (C=O) groups excluding carboxylic acids is 1. The van der Waals surface area contributed by atoms with Crippen LogP contribution in [-0.2, 0) is 11.2 Å². The van der Waals surface area contributed by atoms with Crippen molar-refractivity contribution in [2.24, 2.45) is 5.41 Å². The van der Waals surface area contributed by atoms with Crippen LogP contribution in [0.1, 0.15) is 36.8 Å². The molecule has 0 saturated heterocycles. The van der Waals surface area contributed by atoms with Gasteiger partial charge in [0.1, 0.15) is 11.9 Å². The van der Waals surface area contributed by atoms with E-state index in [4.69, 9.17) is 0 Å². The highest BCUT2D eigenvalue weighted by atomic mass is 16.3. The van der Waals surface area contributed by atoms with Gasteiger partial charge in [0.05, 0.1) is 0 Å². The van der Waals surface area contributed by atoms with E-state index in [1.54, 1.807) is 12.1 Å². The highest BCUT2D eigenvalue weighted by Gasteiger charge is 2.53. The maximum atomic E-state index is 12.0. The van der Waals surface area contributed by atoms with Gasteiger partial charge in [-0.05, 0) is 52.8 Å². The van der Waals surface area contributed by atoms with Crippen LogP contribution in [0.5, 0.6) is 5.75 Å². The molecule has 0 heterocycles. The van der Waals surface area contributed by atoms with Crippen LogP contribution >= 0.6 is 0 Å². The highest BCUT2D eigenvalue weighted by molar-refractivity contribution is 5.91. The van der Waals surface area contributed by atoms with Crippen molar-refractivity contribution < 1.29 is 15.0 Å². The van der Waals surface area contributed by atoms with E-state index >= 15 is 0 Å². The van der Waals surface area contributed by atoms with E-state index in [0.29, 0.717) is 6.42 Å². The SMILES string of the molecule is C[C@]12CCc3c(ccc4cc(O)ccc34)[C@@H]1CC(=O)C2O. The highest BCUT2D eigenvalue weighted by Crippen LogP contribution is 2.55. The molecular formula is C18H18O3. The summed E-state index contributed by atoms with van der Waals surface area (Å²) < 4.78 is 0. The Labute approximate surface area is 123 Å². The van der Waals surface area contributed by atoms with Gasteiger partial charge in [-0.15, -0.1) is 0 Å². The molecule has 3 nitrogen and oxygen atoms in total. The number of ketones is 1. The lowest BCUT2D eigenvalue weighted by atomic mass is 9.65. The summed E-state index contributed by atoms with van der Waals surface area (Å²) in [6, 6.07) is 9.53. The first-order valence-electron chi connectivity index (χ1n) is 7.46. The fraction of sp³-hybridized carbons (Fsp3) is 0.389. The molecule has 2 aromatic carbocycles. The van der Waals surface area contributed by atoms with Crippen molar-refractivity contribution in [3.63, 3.8) is 0 Å². The van der Waals surface area contributed by atoms with E-state index in [9.17, 15) is 15.0 Å². The van der Waals surface area contributed by atoms with Crippen molar-refractivity contribution in [2.45, 2.75) is 38.2 Å². The third-order valence-electron chi connectivity index (χ3n) is 5.57. The van der Waals surface area contributed by atoms with Gasteiger partial charge >= 0.3 is 0 Å². The molecule has 2 N–H and O–H groups in total. The second kappa shape index (κ2) is 4.08. The maximum absolute atomic E-state index is 12.0. The number of benzene rings is 2. The third kappa shape index (κ3) is 1.61. The fourth-order valence-electron chi connectivity index (χ4n) is 4.28. The Kier molecular flexibility index (Phi) is 2.49. The minimum Gasteiger partial charge on any atom is -0.508 e. The Bertz CT molecular complexity index is 764. The van der Waals surface area contributed by atoms with E-state index < -0.39 is 6.10 Å². The molecule has 1 saturated carbocycles. The van der Waals surface area contributed by atoms with Crippen LogP contribution < -0.4 is 0 Å². The van der Waals surface area contributed by atoms with Crippen LogP contribution in [0.25, 0.3) is 10.8 Å². The summed E-state index contributed by atoms with van der Waals surface area (Å²) in [6.45, 7) is 2.04. The lowest BCUT2D eigenvalue weighted by molar-refractivity contribution is -0.127. The van der Waals surface area contributed by atoms with Gasteiger partial charge < -0.3 is 10.2 Å². The first kappa shape index (κ1) is 12.8. The van der Waals surface area contributed by atoms with Gasteiger partial charge in [-0.1, -0.05) is 25.1 Å². The predicted molar refractivity (Wildman–Crippen MR) is 80.4 cm³/mol. The van der Waals surface area contributed by atoms with Crippen LogP contribution in [0.3, 0.4) is 0 Å². The molecular weight excluding hydrogens is 264 g/mol. The predicted octanol–water partition coefficient (Wildman–Crippen LogP) is 2.92. The number of Topliss-reactive ketones (excluding diaryl/α,β-unsaturated/α-hetero) is 1. The van der Waals surface area contributed by atoms with Crippen LogP contribution in [0.4, 0.5) is 0 Å². The number of aliphatic hydroxyl groups is 1. The van der Waals surface area contributed by atoms with E-state index in [-0.39, 0.29) is 22.9 Å². The minimum absolute atomic E-state index is 0.0267. The summed E-state index contributed by atoms with van der Waals surface area (Å²) in [5.74, 6) is 0.359. The second-order valence-corrected chi connectivity index (χ2v) is 6.67. The average molecular weight is 282 g/mol. The number of hydrogen-bond acceptors (Lipinski definition) is 3. The molecule has 0 spiro atoms. The molecule has 2 aliphatic carbocycles. The van der Waals surface area contributed by atoms with E-state index in [1.165, 1.54) is 11.1 Å². The monoisotopic (exact) mass is 282 g/mol. The molecule has 3 heteroatoms. The first-order valence-corrected chi connectivity index (χ1v) is 7.46. The number of aryl methyl sites for hydroxylation is 1. The summed E-state index contributed by atoms with van der Waals surface area (Å²) in [4.78, 5) is 12.0. The number of aliphatic hydroxyl groups excluding tert-OH is 1. The van der Waals surface area contributed by atoms with Crippen molar-refractivity contribution in [3.8, 4) is 5.75 Å². The molecule has 0 amide bonds. The molecule has 1 fully saturated rings. The largest absolute Gasteiger partial charge is 0.508 e. The first-order chi connectivity index (χ1) is 10.0. The van der Waals surface area contributed by atoms with Crippen molar-refractivity contribution in [3.05, 3.63) is 41.5 Å². The number of phenolic OH excluding ortho intramolecular Hbond substituents is 1. The molecule has 0 bridgehead atoms. The zero-order chi connectivity index (χ0) is 14.8. The summed E-state index contributed by atoms with van der Waals surface area (Å²) in [5.41, 5.74) is 2.15. The van der Waals surface area contributed by atoms with Crippen LogP contribution in [0.15, 0.2) is 30.3 Å². The van der Waals surface area contributed by atoms with Crippen molar-refractivity contribution in [2.75, 3.05) is 0 Å². The second-order valence-electron chi connectivity index (χ2n) is 6.67. The van der Waals surface area contributed by atoms with Gasteiger partial charge in [0.25, 0.3) is 0 Å². The van der Waals surface area contributed by atoms with Gasteiger partial charge in [-0.3, -0.25) is 4.79 Å². The van der Waals surface area contributed by atoms with Crippen LogP contribution in [-0.4, -0.2) is 22.1 Å². The van der Waals surface area contributed by atoms with Gasteiger partial charge in [-0.2, -0.15) is 0 Å². The summed E-state index contributed by atoms with van der Waals surface area (Å²) in [5, 5.41) is 22.0. The summed E-state index contributed by atoms with van der Waals surface area (Å²) >= 11 is 0. The van der Waals surface area contributed by atoms with Crippen molar-refractivity contribution in [1.29, 1.82) is 0 Å². The maximum Gasteiger partial charge on any atom is 0.162 e. The fourth-order valence-corrected chi connectivity index (χ4v) is 4.28. The lowest BCUT2D eigenvalue weighted by Crippen LogP contribution is -2.37. The number of carbonyl (C=O) groups is 1. The Hall–Kier alpha value is -1.87. The topological polar surface area (TPSA) is 57.5 Å². The quantitative estimate of drug-likeness (QED) is 0.781. The van der Waals surface area contributed by atoms with Gasteiger partial charge in [-0.25, -0.2) is 0 Å². The normalized spacial score (nSPS) is 31.2. The summed E-state index contributed by atoms with van der Waals surface area (Å²) in [7, 11) is 0. The zero-order valence-corrected chi connectivity index (χ0v) is 12.0. The molecule has 2 aliphatic rings. The minimum atomic E-state index is -0.828. The molecule has 1 unspecified atom stereocenters. The molecule has 2 aromatic rings. The van der Waals surface area contributed by atoms with E-state index in [1.807, 2.05) is 19.1 Å².